The van der Waals surface area contributed by atoms with Gasteiger partial charge in [-0.1, -0.05) is 331 Å². The molecule has 0 saturated heterocycles. The smallest absolute Gasteiger partial charge is 0.306 e. The van der Waals surface area contributed by atoms with Gasteiger partial charge in [-0.15, -0.1) is 0 Å². The molecule has 0 fully saturated rings. The van der Waals surface area contributed by atoms with E-state index >= 15 is 0 Å². The number of unbranched alkanes of at least 4 members (excludes halogenated alkanes) is 37. The molecule has 0 aliphatic heterocycles. The highest BCUT2D eigenvalue weighted by Crippen LogP contribution is 2.18. The minimum absolute atomic E-state index is 0.100. The topological polar surface area (TPSA) is 78.9 Å². The van der Waals surface area contributed by atoms with Gasteiger partial charge in [-0.25, -0.2) is 0 Å². The number of hydrogen-bond acceptors (Lipinski definition) is 6. The fraction of sp³-hybridized carbons (Fsp3) is 0.767. The Hall–Kier alpha value is -3.41. The van der Waals surface area contributed by atoms with Gasteiger partial charge < -0.3 is 14.2 Å². The zero-order chi connectivity index (χ0) is 57.1. The highest BCUT2D eigenvalue weighted by Gasteiger charge is 2.19. The van der Waals surface area contributed by atoms with Gasteiger partial charge in [0.05, 0.1) is 0 Å². The monoisotopic (exact) mass is 1100 g/mol. The Balaban J connectivity index is 4.19. The van der Waals surface area contributed by atoms with Crippen molar-refractivity contribution in [2.75, 3.05) is 13.2 Å². The summed E-state index contributed by atoms with van der Waals surface area (Å²) in [5.74, 6) is -0.983. The van der Waals surface area contributed by atoms with Gasteiger partial charge in [0.15, 0.2) is 6.10 Å². The first-order valence-electron chi connectivity index (χ1n) is 34.1. The Morgan fingerprint density at radius 2 is 0.519 bits per heavy atom. The molecule has 1 atom stereocenters. The number of carbonyl (C=O) groups excluding carboxylic acids is 3. The molecule has 0 heterocycles. The number of hydrogen-bond donors (Lipinski definition) is 0. The summed E-state index contributed by atoms with van der Waals surface area (Å²) in [4.78, 5) is 38.3. The highest BCUT2D eigenvalue weighted by atomic mass is 16.6. The predicted molar refractivity (Wildman–Crippen MR) is 344 cm³/mol. The summed E-state index contributed by atoms with van der Waals surface area (Å²) in [5.41, 5.74) is 0. The molecule has 0 aromatic carbocycles. The van der Waals surface area contributed by atoms with Gasteiger partial charge in [0.25, 0.3) is 0 Å². The Morgan fingerprint density at radius 3 is 0.848 bits per heavy atom. The Kier molecular flexibility index (Phi) is 64.2. The van der Waals surface area contributed by atoms with Crippen molar-refractivity contribution in [2.24, 2.45) is 0 Å². The van der Waals surface area contributed by atoms with Crippen LogP contribution in [0.3, 0.4) is 0 Å². The molecule has 0 spiro atoms. The lowest BCUT2D eigenvalue weighted by Crippen LogP contribution is -2.30. The lowest BCUT2D eigenvalue weighted by Gasteiger charge is -2.18. The minimum Gasteiger partial charge on any atom is -0.462 e. The van der Waals surface area contributed by atoms with Crippen LogP contribution < -0.4 is 0 Å². The molecule has 6 nitrogen and oxygen atoms in total. The van der Waals surface area contributed by atoms with E-state index < -0.39 is 6.10 Å². The van der Waals surface area contributed by atoms with Crippen LogP contribution in [0.5, 0.6) is 0 Å². The summed E-state index contributed by atoms with van der Waals surface area (Å²) in [6.45, 7) is 6.38. The summed E-state index contributed by atoms with van der Waals surface area (Å²) >= 11 is 0. The molecule has 0 amide bonds. The Labute approximate surface area is 490 Å². The predicted octanol–water partition coefficient (Wildman–Crippen LogP) is 23.4. The fourth-order valence-corrected chi connectivity index (χ4v) is 9.89. The summed E-state index contributed by atoms with van der Waals surface area (Å²) < 4.78 is 16.8. The molecular formula is C73H128O6. The van der Waals surface area contributed by atoms with Gasteiger partial charge in [-0.05, 0) is 77.0 Å². The number of esters is 3. The minimum atomic E-state index is -0.811. The van der Waals surface area contributed by atoms with Gasteiger partial charge in [0, 0.05) is 19.3 Å². The van der Waals surface area contributed by atoms with Crippen molar-refractivity contribution in [3.63, 3.8) is 0 Å². The maximum Gasteiger partial charge on any atom is 0.306 e. The molecule has 79 heavy (non-hydrogen) atoms. The molecule has 1 unspecified atom stereocenters. The standard InChI is InChI=1S/C73H128O6/c1-4-7-10-13-16-19-22-25-27-29-30-31-32-33-34-35-36-37-38-39-40-41-42-44-45-48-51-54-57-60-63-66-72(75)78-69-70(68-77-71(74)65-62-59-56-53-50-47-24-21-18-15-12-9-6-3)79-73(76)67-64-61-58-55-52-49-46-43-28-26-23-20-17-14-11-8-5-2/h8-9,11-12,17-18,20-21,26,28,47,50,56,59,70H,4-7,10,13-16,19,22-25,27,29-46,48-49,51-55,57-58,60-69H2,1-3H3/b11-8-,12-9-,20-17-,21-18-,28-26-,50-47-,59-56-. The van der Waals surface area contributed by atoms with Crippen LogP contribution in [0, 0.1) is 0 Å². The molecule has 0 N–H and O–H groups in total. The molecule has 0 radical (unpaired) electrons. The van der Waals surface area contributed by atoms with E-state index in [1.807, 2.05) is 6.08 Å². The third kappa shape index (κ3) is 65.3. The van der Waals surface area contributed by atoms with E-state index in [0.717, 1.165) is 89.9 Å². The summed E-state index contributed by atoms with van der Waals surface area (Å²) in [6.07, 6.45) is 89.3. The van der Waals surface area contributed by atoms with E-state index in [0.29, 0.717) is 19.3 Å². The first-order valence-corrected chi connectivity index (χ1v) is 34.1. The first kappa shape index (κ1) is 75.6. The zero-order valence-electron chi connectivity index (χ0n) is 52.4. The average molecular weight is 1100 g/mol. The number of rotatable bonds is 62. The number of allylic oxidation sites excluding steroid dienone is 14. The van der Waals surface area contributed by atoms with Gasteiger partial charge in [0.1, 0.15) is 13.2 Å². The van der Waals surface area contributed by atoms with Crippen LogP contribution in [-0.2, 0) is 28.6 Å². The summed E-state index contributed by atoms with van der Waals surface area (Å²) in [5, 5.41) is 0. The van der Waals surface area contributed by atoms with E-state index in [-0.39, 0.29) is 37.5 Å². The maximum absolute atomic E-state index is 12.9. The molecule has 6 heteroatoms. The van der Waals surface area contributed by atoms with Crippen molar-refractivity contribution in [1.82, 2.24) is 0 Å². The third-order valence-corrected chi connectivity index (χ3v) is 14.9. The largest absolute Gasteiger partial charge is 0.462 e. The van der Waals surface area contributed by atoms with E-state index in [1.54, 1.807) is 0 Å². The molecule has 456 valence electrons. The van der Waals surface area contributed by atoms with Crippen LogP contribution in [0.2, 0.25) is 0 Å². The van der Waals surface area contributed by atoms with Crippen molar-refractivity contribution in [3.05, 3.63) is 85.1 Å². The molecule has 0 saturated carbocycles. The normalized spacial score (nSPS) is 12.6. The van der Waals surface area contributed by atoms with E-state index in [2.05, 4.69) is 99.8 Å². The molecule has 0 aromatic heterocycles. The molecule has 0 aromatic rings. The van der Waals surface area contributed by atoms with Crippen LogP contribution in [0.15, 0.2) is 85.1 Å². The highest BCUT2D eigenvalue weighted by molar-refractivity contribution is 5.71. The number of carbonyl (C=O) groups is 3. The lowest BCUT2D eigenvalue weighted by atomic mass is 10.0. The fourth-order valence-electron chi connectivity index (χ4n) is 9.89. The van der Waals surface area contributed by atoms with E-state index in [9.17, 15) is 14.4 Å². The van der Waals surface area contributed by atoms with Gasteiger partial charge >= 0.3 is 17.9 Å². The van der Waals surface area contributed by atoms with Crippen LogP contribution >= 0.6 is 0 Å². The molecular weight excluding hydrogens is 973 g/mol. The van der Waals surface area contributed by atoms with Crippen molar-refractivity contribution in [1.29, 1.82) is 0 Å². The maximum atomic E-state index is 12.9. The Morgan fingerprint density at radius 1 is 0.266 bits per heavy atom. The molecule has 0 aliphatic carbocycles. The zero-order valence-corrected chi connectivity index (χ0v) is 52.4. The number of ether oxygens (including phenoxy) is 3. The SMILES string of the molecule is CC/C=C\C/C=C\C/C=C\C/C=C\CCC(=O)OCC(COC(=O)CCCCCCCCCCCCCCCCCCCCCCCCCCCCCCCCC)OC(=O)CCCCCCCCC/C=C\C/C=C\C/C=C\CC. The molecule has 0 rings (SSSR count). The quantitative estimate of drug-likeness (QED) is 0.0261. The van der Waals surface area contributed by atoms with E-state index in [4.69, 9.17) is 14.2 Å². The first-order chi connectivity index (χ1) is 39.0. The van der Waals surface area contributed by atoms with Crippen LogP contribution in [0.4, 0.5) is 0 Å². The third-order valence-electron chi connectivity index (χ3n) is 14.9. The second-order valence-electron chi connectivity index (χ2n) is 22.7. The van der Waals surface area contributed by atoms with Crippen LogP contribution in [-0.4, -0.2) is 37.2 Å². The second kappa shape index (κ2) is 67.1. The van der Waals surface area contributed by atoms with Gasteiger partial charge in [0.2, 0.25) is 0 Å². The summed E-state index contributed by atoms with van der Waals surface area (Å²) in [7, 11) is 0. The molecule has 0 bridgehead atoms. The van der Waals surface area contributed by atoms with Crippen LogP contribution in [0.25, 0.3) is 0 Å². The Bertz CT molecular complexity index is 1500. The average Bonchev–Trinajstić information content (AvgIpc) is 3.45. The molecule has 0 aliphatic rings. The van der Waals surface area contributed by atoms with Crippen molar-refractivity contribution < 1.29 is 28.6 Å². The van der Waals surface area contributed by atoms with Crippen molar-refractivity contribution in [3.8, 4) is 0 Å². The second-order valence-corrected chi connectivity index (χ2v) is 22.7. The van der Waals surface area contributed by atoms with Crippen molar-refractivity contribution >= 4 is 17.9 Å². The lowest BCUT2D eigenvalue weighted by molar-refractivity contribution is -0.166. The van der Waals surface area contributed by atoms with Gasteiger partial charge in [-0.2, -0.15) is 0 Å². The van der Waals surface area contributed by atoms with E-state index in [1.165, 1.54) is 205 Å². The summed E-state index contributed by atoms with van der Waals surface area (Å²) in [6, 6.07) is 0. The van der Waals surface area contributed by atoms with Crippen LogP contribution in [0.1, 0.15) is 342 Å². The van der Waals surface area contributed by atoms with Gasteiger partial charge in [-0.3, -0.25) is 14.4 Å². The van der Waals surface area contributed by atoms with Crippen molar-refractivity contribution in [2.45, 2.75) is 348 Å².